The Balaban J connectivity index is 2.67. The summed E-state index contributed by atoms with van der Waals surface area (Å²) in [6.07, 6.45) is 2.59. The summed E-state index contributed by atoms with van der Waals surface area (Å²) < 4.78 is 0.918. The molecule has 1 atom stereocenters. The van der Waals surface area contributed by atoms with E-state index >= 15 is 0 Å². The number of aliphatic hydroxyl groups is 1. The van der Waals surface area contributed by atoms with Crippen molar-refractivity contribution in [2.75, 3.05) is 11.9 Å². The monoisotopic (exact) mass is 244 g/mol. The van der Waals surface area contributed by atoms with Gasteiger partial charge in [0.1, 0.15) is 5.82 Å². The molecule has 1 aromatic rings. The highest BCUT2D eigenvalue weighted by Crippen LogP contribution is 2.19. The fourth-order valence-electron chi connectivity index (χ4n) is 0.962. The summed E-state index contributed by atoms with van der Waals surface area (Å²) in [6, 6.07) is 3.85. The van der Waals surface area contributed by atoms with Crippen LogP contribution in [0, 0.1) is 0 Å². The molecule has 0 saturated carbocycles. The quantitative estimate of drug-likeness (QED) is 0.853. The van der Waals surface area contributed by atoms with Crippen LogP contribution in [0.3, 0.4) is 0 Å². The standard InChI is InChI=1S/C9H13BrN2O/c1-2-7(6-13)12-9-8(10)4-3-5-11-9/h3-5,7,13H,2,6H2,1H3,(H,11,12). The van der Waals surface area contributed by atoms with Crippen molar-refractivity contribution in [3.05, 3.63) is 22.8 Å². The van der Waals surface area contributed by atoms with Gasteiger partial charge in [0.05, 0.1) is 17.1 Å². The number of aliphatic hydroxyl groups excluding tert-OH is 1. The minimum absolute atomic E-state index is 0.0752. The molecule has 0 aromatic carbocycles. The molecule has 0 aliphatic carbocycles. The van der Waals surface area contributed by atoms with E-state index in [0.29, 0.717) is 0 Å². The van der Waals surface area contributed by atoms with Crippen molar-refractivity contribution in [1.82, 2.24) is 4.98 Å². The van der Waals surface area contributed by atoms with Crippen molar-refractivity contribution < 1.29 is 5.11 Å². The first-order chi connectivity index (χ1) is 6.27. The molecule has 0 spiro atoms. The maximum atomic E-state index is 8.97. The second kappa shape index (κ2) is 5.19. The van der Waals surface area contributed by atoms with Gasteiger partial charge in [-0.25, -0.2) is 4.98 Å². The van der Waals surface area contributed by atoms with Crippen molar-refractivity contribution in [3.8, 4) is 0 Å². The molecule has 2 N–H and O–H groups in total. The summed E-state index contributed by atoms with van der Waals surface area (Å²) in [5.41, 5.74) is 0. The highest BCUT2D eigenvalue weighted by atomic mass is 79.9. The van der Waals surface area contributed by atoms with Gasteiger partial charge in [-0.05, 0) is 34.5 Å². The number of aromatic nitrogens is 1. The lowest BCUT2D eigenvalue weighted by Gasteiger charge is -2.15. The van der Waals surface area contributed by atoms with E-state index in [4.69, 9.17) is 5.11 Å². The molecule has 0 radical (unpaired) electrons. The fraction of sp³-hybridized carbons (Fsp3) is 0.444. The number of rotatable bonds is 4. The van der Waals surface area contributed by atoms with Gasteiger partial charge in [0.2, 0.25) is 0 Å². The molecule has 0 saturated heterocycles. The highest BCUT2D eigenvalue weighted by molar-refractivity contribution is 9.10. The van der Waals surface area contributed by atoms with Gasteiger partial charge < -0.3 is 10.4 Å². The van der Waals surface area contributed by atoms with Crippen LogP contribution in [-0.4, -0.2) is 22.7 Å². The molecule has 1 unspecified atom stereocenters. The second-order valence-electron chi connectivity index (χ2n) is 2.77. The number of hydrogen-bond acceptors (Lipinski definition) is 3. The molecular formula is C9H13BrN2O. The van der Waals surface area contributed by atoms with E-state index in [1.807, 2.05) is 19.1 Å². The van der Waals surface area contributed by atoms with E-state index in [2.05, 4.69) is 26.2 Å². The summed E-state index contributed by atoms with van der Waals surface area (Å²) in [7, 11) is 0. The van der Waals surface area contributed by atoms with Crippen molar-refractivity contribution >= 4 is 21.7 Å². The Kier molecular flexibility index (Phi) is 4.18. The zero-order chi connectivity index (χ0) is 9.68. The topological polar surface area (TPSA) is 45.1 Å². The summed E-state index contributed by atoms with van der Waals surface area (Å²) in [4.78, 5) is 4.14. The van der Waals surface area contributed by atoms with Crippen LogP contribution in [0.5, 0.6) is 0 Å². The average molecular weight is 245 g/mol. The van der Waals surface area contributed by atoms with Crippen molar-refractivity contribution in [2.24, 2.45) is 0 Å². The van der Waals surface area contributed by atoms with Crippen LogP contribution in [0.1, 0.15) is 13.3 Å². The molecule has 13 heavy (non-hydrogen) atoms. The first kappa shape index (κ1) is 10.5. The first-order valence-corrected chi connectivity index (χ1v) is 5.05. The average Bonchev–Trinajstić information content (AvgIpc) is 2.17. The predicted molar refractivity (Wildman–Crippen MR) is 56.7 cm³/mol. The normalized spacial score (nSPS) is 12.5. The lowest BCUT2D eigenvalue weighted by Crippen LogP contribution is -2.23. The Bertz CT molecular complexity index is 264. The van der Waals surface area contributed by atoms with Crippen LogP contribution < -0.4 is 5.32 Å². The maximum Gasteiger partial charge on any atom is 0.140 e. The smallest absolute Gasteiger partial charge is 0.140 e. The van der Waals surface area contributed by atoms with Crippen LogP contribution in [0.4, 0.5) is 5.82 Å². The van der Waals surface area contributed by atoms with Gasteiger partial charge >= 0.3 is 0 Å². The van der Waals surface area contributed by atoms with Crippen molar-refractivity contribution in [2.45, 2.75) is 19.4 Å². The zero-order valence-corrected chi connectivity index (χ0v) is 9.08. The van der Waals surface area contributed by atoms with E-state index in [-0.39, 0.29) is 12.6 Å². The third-order valence-electron chi connectivity index (χ3n) is 1.81. The van der Waals surface area contributed by atoms with E-state index in [1.54, 1.807) is 6.20 Å². The third-order valence-corrected chi connectivity index (χ3v) is 2.45. The minimum Gasteiger partial charge on any atom is -0.394 e. The molecule has 0 amide bonds. The van der Waals surface area contributed by atoms with Crippen molar-refractivity contribution in [3.63, 3.8) is 0 Å². The number of nitrogens with one attached hydrogen (secondary N) is 1. The van der Waals surface area contributed by atoms with Gasteiger partial charge in [0.15, 0.2) is 0 Å². The van der Waals surface area contributed by atoms with Gasteiger partial charge in [-0.3, -0.25) is 0 Å². The summed E-state index contributed by atoms with van der Waals surface area (Å²) in [5, 5.41) is 12.1. The number of hydrogen-bond donors (Lipinski definition) is 2. The molecule has 4 heteroatoms. The van der Waals surface area contributed by atoms with Crippen LogP contribution in [0.15, 0.2) is 22.8 Å². The molecule has 0 bridgehead atoms. The van der Waals surface area contributed by atoms with E-state index < -0.39 is 0 Å². The Morgan fingerprint density at radius 1 is 1.69 bits per heavy atom. The Morgan fingerprint density at radius 2 is 2.46 bits per heavy atom. The molecule has 72 valence electrons. The van der Waals surface area contributed by atoms with Crippen LogP contribution in [0.25, 0.3) is 0 Å². The van der Waals surface area contributed by atoms with Crippen LogP contribution in [-0.2, 0) is 0 Å². The lowest BCUT2D eigenvalue weighted by molar-refractivity contribution is 0.271. The first-order valence-electron chi connectivity index (χ1n) is 4.25. The molecule has 0 aliphatic rings. The highest BCUT2D eigenvalue weighted by Gasteiger charge is 2.06. The number of pyridine rings is 1. The maximum absolute atomic E-state index is 8.97. The van der Waals surface area contributed by atoms with Crippen LogP contribution >= 0.6 is 15.9 Å². The number of halogens is 1. The molecule has 3 nitrogen and oxygen atoms in total. The SMILES string of the molecule is CCC(CO)Nc1ncccc1Br. The zero-order valence-electron chi connectivity index (χ0n) is 7.50. The molecule has 1 aromatic heterocycles. The molecule has 0 fully saturated rings. The summed E-state index contributed by atoms with van der Waals surface area (Å²) in [5.74, 6) is 0.781. The Labute approximate surface area is 86.3 Å². The molecule has 0 aliphatic heterocycles. The second-order valence-corrected chi connectivity index (χ2v) is 3.62. The van der Waals surface area contributed by atoms with Crippen LogP contribution in [0.2, 0.25) is 0 Å². The van der Waals surface area contributed by atoms with E-state index in [0.717, 1.165) is 16.7 Å². The van der Waals surface area contributed by atoms with Gasteiger partial charge in [-0.15, -0.1) is 0 Å². The summed E-state index contributed by atoms with van der Waals surface area (Å²) >= 11 is 3.38. The molecule has 1 rings (SSSR count). The lowest BCUT2D eigenvalue weighted by atomic mass is 10.2. The van der Waals surface area contributed by atoms with E-state index in [9.17, 15) is 0 Å². The van der Waals surface area contributed by atoms with Gasteiger partial charge in [0, 0.05) is 6.20 Å². The third kappa shape index (κ3) is 2.97. The predicted octanol–water partition coefficient (Wildman–Crippen LogP) is 2.03. The Hall–Kier alpha value is -0.610. The number of nitrogens with zero attached hydrogens (tertiary/aromatic N) is 1. The fourth-order valence-corrected chi connectivity index (χ4v) is 1.33. The summed E-state index contributed by atoms with van der Waals surface area (Å²) in [6.45, 7) is 2.14. The van der Waals surface area contributed by atoms with Gasteiger partial charge in [-0.1, -0.05) is 6.92 Å². The molecule has 1 heterocycles. The largest absolute Gasteiger partial charge is 0.394 e. The minimum atomic E-state index is 0.0752. The van der Waals surface area contributed by atoms with Crippen molar-refractivity contribution in [1.29, 1.82) is 0 Å². The van der Waals surface area contributed by atoms with Gasteiger partial charge in [0.25, 0.3) is 0 Å². The number of anilines is 1. The van der Waals surface area contributed by atoms with E-state index in [1.165, 1.54) is 0 Å². The molecular weight excluding hydrogens is 232 g/mol. The Morgan fingerprint density at radius 3 is 3.00 bits per heavy atom. The van der Waals surface area contributed by atoms with Gasteiger partial charge in [-0.2, -0.15) is 0 Å².